The summed E-state index contributed by atoms with van der Waals surface area (Å²) in [7, 11) is 0. The third-order valence-corrected chi connectivity index (χ3v) is 15.3. The number of aryl methyl sites for hydroxylation is 1. The number of benzene rings is 9. The lowest BCUT2D eigenvalue weighted by atomic mass is 9.64. The third kappa shape index (κ3) is 6.21. The molecule has 0 saturated carbocycles. The first-order valence-corrected chi connectivity index (χ1v) is 24.7. The lowest BCUT2D eigenvalue weighted by Gasteiger charge is -2.45. The van der Waals surface area contributed by atoms with Gasteiger partial charge in [-0.3, -0.25) is 0 Å². The average Bonchev–Trinajstić information content (AvgIpc) is 3.95. The quantitative estimate of drug-likeness (QED) is 0.159. The average molecular weight is 897 g/mol. The van der Waals surface area contributed by atoms with Gasteiger partial charge in [0, 0.05) is 33.7 Å². The van der Waals surface area contributed by atoms with E-state index in [0.29, 0.717) is 0 Å². The smallest absolute Gasteiger partial charge is 0.135 e. The summed E-state index contributed by atoms with van der Waals surface area (Å²) in [4.78, 5) is 4.99. The van der Waals surface area contributed by atoms with E-state index in [9.17, 15) is 0 Å². The Morgan fingerprint density at radius 1 is 0.457 bits per heavy atom. The van der Waals surface area contributed by atoms with Crippen LogP contribution in [0.1, 0.15) is 64.0 Å². The van der Waals surface area contributed by atoms with Crippen molar-refractivity contribution in [2.24, 2.45) is 0 Å². The molecule has 0 fully saturated rings. The Kier molecular flexibility index (Phi) is 9.38. The highest BCUT2D eigenvalue weighted by atomic mass is 16.3. The summed E-state index contributed by atoms with van der Waals surface area (Å²) in [5.74, 6) is 0.985. The molecule has 0 atom stereocenters. The monoisotopic (exact) mass is 896 g/mol. The largest absolute Gasteiger partial charge is 0.456 e. The van der Waals surface area contributed by atoms with E-state index in [2.05, 4.69) is 252 Å². The highest BCUT2D eigenvalue weighted by molar-refractivity contribution is 5.98. The van der Waals surface area contributed by atoms with Crippen molar-refractivity contribution in [2.45, 2.75) is 31.1 Å². The van der Waals surface area contributed by atoms with E-state index in [-0.39, 0.29) is 0 Å². The van der Waals surface area contributed by atoms with Gasteiger partial charge in [0.05, 0.1) is 16.8 Å². The van der Waals surface area contributed by atoms with Gasteiger partial charge in [-0.1, -0.05) is 170 Å². The molecule has 332 valence electrons. The first kappa shape index (κ1) is 40.4. The lowest BCUT2D eigenvalue weighted by molar-refractivity contribution is 0.596. The second-order valence-electron chi connectivity index (χ2n) is 19.0. The van der Waals surface area contributed by atoms with Crippen LogP contribution in [0.15, 0.2) is 247 Å². The highest BCUT2D eigenvalue weighted by Crippen LogP contribution is 2.64. The van der Waals surface area contributed by atoms with Gasteiger partial charge in [0.25, 0.3) is 0 Å². The summed E-state index contributed by atoms with van der Waals surface area (Å²) in [5, 5.41) is 1.23. The number of rotatable bonds is 7. The molecule has 3 heteroatoms. The van der Waals surface area contributed by atoms with Gasteiger partial charge in [-0.2, -0.15) is 0 Å². The van der Waals surface area contributed by atoms with Crippen molar-refractivity contribution in [1.82, 2.24) is 0 Å². The number of furan rings is 1. The Morgan fingerprint density at radius 2 is 1.10 bits per heavy atom. The summed E-state index contributed by atoms with van der Waals surface area (Å²) >= 11 is 0. The second kappa shape index (κ2) is 16.3. The zero-order valence-corrected chi connectivity index (χ0v) is 38.7. The van der Waals surface area contributed by atoms with Crippen molar-refractivity contribution in [3.63, 3.8) is 0 Å². The molecular formula is C67H48N2O. The standard InChI is InChI=1S/C67H48N2O/c1-3-18-45(19-4-1)47-20-17-21-49(42-47)53-24-8-13-30-62(53)68(51-37-34-46(35-38-51)48-36-40-57-56-26-9-16-33-65(56)70-66(57)43-48)52-39-41-55-54-25-7-10-27-58(54)67(61(55)44-52)59-28-11-14-31-63(59)69(50-22-5-2-6-23-50)64-32-15-12-29-60(64)67/h1-7,9-23,25-35,37-39,41-44H,8,24,36,40H2. The summed E-state index contributed by atoms with van der Waals surface area (Å²) in [6, 6.07) is 83.0. The van der Waals surface area contributed by atoms with E-state index in [1.54, 1.807) is 0 Å². The zero-order valence-electron chi connectivity index (χ0n) is 38.7. The fraction of sp³-hybridized carbons (Fsp3) is 0.0746. The van der Waals surface area contributed by atoms with E-state index in [1.807, 2.05) is 0 Å². The van der Waals surface area contributed by atoms with Crippen LogP contribution in [-0.2, 0) is 11.8 Å². The van der Waals surface area contributed by atoms with Gasteiger partial charge in [0.2, 0.25) is 0 Å². The fourth-order valence-electron chi connectivity index (χ4n) is 12.2. The van der Waals surface area contributed by atoms with Crippen LogP contribution in [0.4, 0.5) is 28.4 Å². The molecule has 2 heterocycles. The minimum absolute atomic E-state index is 0.581. The molecule has 1 spiro atoms. The molecule has 3 aliphatic carbocycles. The molecular weight excluding hydrogens is 849 g/mol. The van der Waals surface area contributed by atoms with Crippen LogP contribution in [0.25, 0.3) is 50.4 Å². The number of allylic oxidation sites excluding steroid dienone is 4. The predicted octanol–water partition coefficient (Wildman–Crippen LogP) is 17.6. The normalized spacial score (nSPS) is 15.0. The van der Waals surface area contributed by atoms with Crippen LogP contribution >= 0.6 is 0 Å². The maximum absolute atomic E-state index is 6.41. The Hall–Kier alpha value is -8.66. The summed E-state index contributed by atoms with van der Waals surface area (Å²) in [5.41, 5.74) is 23.9. The zero-order chi connectivity index (χ0) is 46.2. The second-order valence-corrected chi connectivity index (χ2v) is 19.0. The van der Waals surface area contributed by atoms with Crippen molar-refractivity contribution < 1.29 is 4.42 Å². The van der Waals surface area contributed by atoms with Gasteiger partial charge in [-0.15, -0.1) is 0 Å². The topological polar surface area (TPSA) is 19.6 Å². The van der Waals surface area contributed by atoms with Gasteiger partial charge >= 0.3 is 0 Å². The molecule has 9 aromatic carbocycles. The first-order valence-electron chi connectivity index (χ1n) is 24.7. The van der Waals surface area contributed by atoms with Crippen LogP contribution in [0.3, 0.4) is 0 Å². The minimum Gasteiger partial charge on any atom is -0.456 e. The van der Waals surface area contributed by atoms with E-state index in [4.69, 9.17) is 4.42 Å². The van der Waals surface area contributed by atoms with Crippen LogP contribution in [-0.4, -0.2) is 0 Å². The fourth-order valence-corrected chi connectivity index (χ4v) is 12.2. The summed E-state index contributed by atoms with van der Waals surface area (Å²) in [6.45, 7) is 0. The van der Waals surface area contributed by atoms with E-state index >= 15 is 0 Å². The predicted molar refractivity (Wildman–Crippen MR) is 290 cm³/mol. The molecule has 0 N–H and O–H groups in total. The van der Waals surface area contributed by atoms with Crippen molar-refractivity contribution in [1.29, 1.82) is 0 Å². The SMILES string of the molecule is C1=CC(N(c2ccc(C3=Cc4oc5ccccc5c4CC3)cc2)c2ccc3c(c2)C2(c4ccccc4-3)c3ccccc3N(c3ccccc3)c3ccccc32)=C(c2cccc(-c3ccccc3)c2)CC1. The molecule has 10 aromatic rings. The molecule has 4 aliphatic rings. The molecule has 1 aliphatic heterocycles. The number of anilines is 5. The van der Waals surface area contributed by atoms with Gasteiger partial charge in [-0.25, -0.2) is 0 Å². The molecule has 1 aromatic heterocycles. The lowest BCUT2D eigenvalue weighted by Crippen LogP contribution is -2.36. The number of hydrogen-bond donors (Lipinski definition) is 0. The van der Waals surface area contributed by atoms with E-state index < -0.39 is 5.41 Å². The van der Waals surface area contributed by atoms with Crippen molar-refractivity contribution >= 4 is 56.6 Å². The maximum Gasteiger partial charge on any atom is 0.135 e. The van der Waals surface area contributed by atoms with Gasteiger partial charge < -0.3 is 14.2 Å². The molecule has 3 nitrogen and oxygen atoms in total. The van der Waals surface area contributed by atoms with Crippen LogP contribution in [0, 0.1) is 0 Å². The number of nitrogens with zero attached hydrogens (tertiary/aromatic N) is 2. The first-order chi connectivity index (χ1) is 34.7. The van der Waals surface area contributed by atoms with E-state index in [0.717, 1.165) is 54.1 Å². The Bertz CT molecular complexity index is 3730. The number of para-hydroxylation sites is 4. The minimum atomic E-state index is -0.581. The molecule has 0 unspecified atom stereocenters. The van der Waals surface area contributed by atoms with Gasteiger partial charge in [0.15, 0.2) is 0 Å². The number of fused-ring (bicyclic) bond motifs is 12. The number of hydrogen-bond acceptors (Lipinski definition) is 3. The highest BCUT2D eigenvalue weighted by Gasteiger charge is 2.52. The Balaban J connectivity index is 0.979. The Morgan fingerprint density at radius 3 is 1.90 bits per heavy atom. The molecule has 0 radical (unpaired) electrons. The maximum atomic E-state index is 6.41. The van der Waals surface area contributed by atoms with Gasteiger partial charge in [-0.05, 0) is 165 Å². The van der Waals surface area contributed by atoms with Crippen molar-refractivity contribution in [2.75, 3.05) is 9.80 Å². The van der Waals surface area contributed by atoms with Crippen molar-refractivity contribution in [3.05, 3.63) is 287 Å². The Labute approximate surface area is 409 Å². The third-order valence-electron chi connectivity index (χ3n) is 15.3. The van der Waals surface area contributed by atoms with Gasteiger partial charge in [0.1, 0.15) is 11.3 Å². The van der Waals surface area contributed by atoms with E-state index in [1.165, 1.54) is 94.8 Å². The van der Waals surface area contributed by atoms with Crippen LogP contribution in [0.5, 0.6) is 0 Å². The molecule has 0 bridgehead atoms. The molecule has 14 rings (SSSR count). The summed E-state index contributed by atoms with van der Waals surface area (Å²) < 4.78 is 6.41. The van der Waals surface area contributed by atoms with Crippen LogP contribution in [0.2, 0.25) is 0 Å². The molecule has 0 saturated heterocycles. The molecule has 0 amide bonds. The van der Waals surface area contributed by atoms with Crippen LogP contribution < -0.4 is 9.80 Å². The van der Waals surface area contributed by atoms with Crippen molar-refractivity contribution in [3.8, 4) is 22.3 Å². The molecule has 70 heavy (non-hydrogen) atoms. The summed E-state index contributed by atoms with van der Waals surface area (Å²) in [6.07, 6.45) is 10.8.